The molecule has 0 fully saturated rings. The molecule has 30 heavy (non-hydrogen) atoms. The van der Waals surface area contributed by atoms with E-state index in [0.29, 0.717) is 22.4 Å². The first-order valence-corrected chi connectivity index (χ1v) is 10.2. The van der Waals surface area contributed by atoms with Crippen LogP contribution in [0.1, 0.15) is 17.9 Å². The lowest BCUT2D eigenvalue weighted by atomic mass is 10.3. The van der Waals surface area contributed by atoms with E-state index in [1.807, 2.05) is 44.2 Å². The summed E-state index contributed by atoms with van der Waals surface area (Å²) < 4.78 is 29.7. The van der Waals surface area contributed by atoms with Crippen molar-refractivity contribution < 1.29 is 13.6 Å². The molecule has 2 aromatic heterocycles. The summed E-state index contributed by atoms with van der Waals surface area (Å²) in [6, 6.07) is 16.3. The number of nitrogens with zero attached hydrogens (tertiary/aromatic N) is 4. The van der Waals surface area contributed by atoms with Gasteiger partial charge in [0.2, 0.25) is 5.91 Å². The topological polar surface area (TPSA) is 64.7 Å². The number of rotatable bonds is 6. The molecule has 4 aromatic rings. The van der Waals surface area contributed by atoms with Gasteiger partial charge in [0.1, 0.15) is 0 Å². The van der Waals surface area contributed by atoms with E-state index in [1.54, 1.807) is 28.9 Å². The third kappa shape index (κ3) is 3.80. The van der Waals surface area contributed by atoms with Crippen molar-refractivity contribution in [1.29, 1.82) is 0 Å². The van der Waals surface area contributed by atoms with Gasteiger partial charge < -0.3 is 5.32 Å². The molecule has 4 rings (SSSR count). The first kappa shape index (κ1) is 20.1. The Bertz CT molecular complexity index is 1200. The zero-order valence-electron chi connectivity index (χ0n) is 16.3. The monoisotopic (exact) mass is 427 g/mol. The molecule has 0 atom stereocenters. The zero-order valence-corrected chi connectivity index (χ0v) is 17.2. The van der Waals surface area contributed by atoms with Crippen molar-refractivity contribution in [2.75, 3.05) is 11.1 Å². The van der Waals surface area contributed by atoms with E-state index >= 15 is 0 Å². The number of carbonyl (C=O) groups excluding carboxylic acids is 1. The summed E-state index contributed by atoms with van der Waals surface area (Å²) in [4.78, 5) is 16.8. The first-order valence-electron chi connectivity index (χ1n) is 9.25. The average Bonchev–Trinajstić information content (AvgIpc) is 3.25. The van der Waals surface area contributed by atoms with Crippen molar-refractivity contribution in [3.8, 4) is 5.69 Å². The summed E-state index contributed by atoms with van der Waals surface area (Å²) >= 11 is 0.976. The van der Waals surface area contributed by atoms with E-state index < -0.39 is 6.55 Å². The molecule has 0 unspecified atom stereocenters. The van der Waals surface area contributed by atoms with Gasteiger partial charge in [-0.15, -0.1) is 0 Å². The molecule has 9 heteroatoms. The van der Waals surface area contributed by atoms with Crippen molar-refractivity contribution in [2.45, 2.75) is 25.6 Å². The molecule has 0 bridgehead atoms. The number of fused-ring (bicyclic) bond motifs is 1. The minimum atomic E-state index is -2.74. The number of thioether (sulfide) groups is 1. The van der Waals surface area contributed by atoms with Crippen LogP contribution in [-0.2, 0) is 4.79 Å². The molecule has 0 saturated carbocycles. The molecule has 0 radical (unpaired) electrons. The lowest BCUT2D eigenvalue weighted by Crippen LogP contribution is -2.16. The predicted molar refractivity (Wildman–Crippen MR) is 113 cm³/mol. The number of imidazole rings is 1. The van der Waals surface area contributed by atoms with Crippen LogP contribution in [0.15, 0.2) is 59.8 Å². The molecule has 154 valence electrons. The maximum atomic E-state index is 13.5. The molecule has 1 amide bonds. The van der Waals surface area contributed by atoms with E-state index in [2.05, 4.69) is 15.4 Å². The van der Waals surface area contributed by atoms with Crippen LogP contribution in [0.4, 0.5) is 14.5 Å². The Morgan fingerprint density at radius 1 is 1.10 bits per heavy atom. The van der Waals surface area contributed by atoms with E-state index in [0.717, 1.165) is 27.7 Å². The lowest BCUT2D eigenvalue weighted by molar-refractivity contribution is -0.113. The minimum Gasteiger partial charge on any atom is -0.322 e. The Morgan fingerprint density at radius 2 is 1.80 bits per heavy atom. The summed E-state index contributed by atoms with van der Waals surface area (Å²) in [5.74, 6) is -0.363. The standard InChI is InChI=1S/C21H19F2N5OS/c1-13-19(14(2)28(26-13)15-8-4-3-5-9-15)25-18(29)12-30-21-24-16-10-6-7-11-17(16)27(21)20(22)23/h3-11,20H,12H2,1-2H3,(H,25,29). The summed E-state index contributed by atoms with van der Waals surface area (Å²) in [5, 5.41) is 7.46. The van der Waals surface area contributed by atoms with Gasteiger partial charge in [0.15, 0.2) is 5.16 Å². The second-order valence-corrected chi connectivity index (χ2v) is 7.60. The van der Waals surface area contributed by atoms with Crippen LogP contribution in [-0.4, -0.2) is 31.0 Å². The van der Waals surface area contributed by atoms with Crippen LogP contribution in [0.2, 0.25) is 0 Å². The largest absolute Gasteiger partial charge is 0.322 e. The van der Waals surface area contributed by atoms with Crippen LogP contribution in [0.5, 0.6) is 0 Å². The maximum absolute atomic E-state index is 13.5. The number of anilines is 1. The average molecular weight is 427 g/mol. The fraction of sp³-hybridized carbons (Fsp3) is 0.190. The van der Waals surface area contributed by atoms with Gasteiger partial charge in [-0.3, -0.25) is 9.36 Å². The van der Waals surface area contributed by atoms with Crippen molar-refractivity contribution in [1.82, 2.24) is 19.3 Å². The number of hydrogen-bond donors (Lipinski definition) is 1. The van der Waals surface area contributed by atoms with Gasteiger partial charge in [-0.1, -0.05) is 42.1 Å². The van der Waals surface area contributed by atoms with Gasteiger partial charge >= 0.3 is 6.55 Å². The highest BCUT2D eigenvalue weighted by Crippen LogP contribution is 2.29. The van der Waals surface area contributed by atoms with E-state index in [1.165, 1.54) is 0 Å². The highest BCUT2D eigenvalue weighted by atomic mass is 32.2. The van der Waals surface area contributed by atoms with Gasteiger partial charge in [-0.05, 0) is 38.1 Å². The van der Waals surface area contributed by atoms with Crippen molar-refractivity contribution >= 4 is 34.4 Å². The number of hydrogen-bond acceptors (Lipinski definition) is 4. The fourth-order valence-corrected chi connectivity index (χ4v) is 4.07. The fourth-order valence-electron chi connectivity index (χ4n) is 3.26. The molecule has 2 heterocycles. The number of aromatic nitrogens is 4. The molecule has 0 spiro atoms. The number of benzene rings is 2. The summed E-state index contributed by atoms with van der Waals surface area (Å²) in [6.07, 6.45) is 0. The predicted octanol–water partition coefficient (Wildman–Crippen LogP) is 4.96. The van der Waals surface area contributed by atoms with Gasteiger partial charge in [0.05, 0.1) is 39.5 Å². The summed E-state index contributed by atoms with van der Waals surface area (Å²) in [6.45, 7) is 0.939. The summed E-state index contributed by atoms with van der Waals surface area (Å²) in [5.41, 5.74) is 3.78. The third-order valence-corrected chi connectivity index (χ3v) is 5.60. The molecular weight excluding hydrogens is 408 g/mol. The highest BCUT2D eigenvalue weighted by Gasteiger charge is 2.20. The maximum Gasteiger partial charge on any atom is 0.321 e. The lowest BCUT2D eigenvalue weighted by Gasteiger charge is -2.08. The van der Waals surface area contributed by atoms with Crippen LogP contribution in [0, 0.1) is 13.8 Å². The van der Waals surface area contributed by atoms with Gasteiger partial charge in [-0.2, -0.15) is 13.9 Å². The van der Waals surface area contributed by atoms with Crippen molar-refractivity contribution in [3.05, 3.63) is 66.0 Å². The number of alkyl halides is 2. The Hall–Kier alpha value is -3.20. The molecular formula is C21H19F2N5OS. The Morgan fingerprint density at radius 3 is 2.53 bits per heavy atom. The third-order valence-electron chi connectivity index (χ3n) is 4.65. The molecule has 2 aromatic carbocycles. The van der Waals surface area contributed by atoms with Crippen LogP contribution in [0.25, 0.3) is 16.7 Å². The molecule has 1 N–H and O–H groups in total. The second-order valence-electron chi connectivity index (χ2n) is 6.66. The molecule has 0 aliphatic rings. The van der Waals surface area contributed by atoms with Crippen molar-refractivity contribution in [3.63, 3.8) is 0 Å². The molecule has 0 saturated heterocycles. The molecule has 6 nitrogen and oxygen atoms in total. The Labute approximate surface area is 175 Å². The number of halogens is 2. The Balaban J connectivity index is 1.51. The van der Waals surface area contributed by atoms with Crippen LogP contribution >= 0.6 is 11.8 Å². The smallest absolute Gasteiger partial charge is 0.321 e. The first-order chi connectivity index (χ1) is 14.5. The Kier molecular flexibility index (Phi) is 5.54. The SMILES string of the molecule is Cc1nn(-c2ccccc2)c(C)c1NC(=O)CSc1nc2ccccc2n1C(F)F. The highest BCUT2D eigenvalue weighted by molar-refractivity contribution is 7.99. The number of carbonyl (C=O) groups is 1. The number of para-hydroxylation sites is 3. The van der Waals surface area contributed by atoms with E-state index in [4.69, 9.17) is 0 Å². The number of nitrogens with one attached hydrogen (secondary N) is 1. The van der Waals surface area contributed by atoms with Gasteiger partial charge in [-0.25, -0.2) is 9.67 Å². The van der Waals surface area contributed by atoms with Crippen LogP contribution < -0.4 is 5.32 Å². The molecule has 0 aliphatic heterocycles. The number of amides is 1. The van der Waals surface area contributed by atoms with Gasteiger partial charge in [0.25, 0.3) is 0 Å². The van der Waals surface area contributed by atoms with Crippen LogP contribution in [0.3, 0.4) is 0 Å². The summed E-state index contributed by atoms with van der Waals surface area (Å²) in [7, 11) is 0. The second kappa shape index (κ2) is 8.27. The quantitative estimate of drug-likeness (QED) is 0.442. The van der Waals surface area contributed by atoms with Gasteiger partial charge in [0, 0.05) is 0 Å². The minimum absolute atomic E-state index is 0.0502. The number of aryl methyl sites for hydroxylation is 1. The van der Waals surface area contributed by atoms with Crippen molar-refractivity contribution in [2.24, 2.45) is 0 Å². The van der Waals surface area contributed by atoms with E-state index in [9.17, 15) is 13.6 Å². The zero-order chi connectivity index (χ0) is 21.3. The molecule has 0 aliphatic carbocycles. The normalized spacial score (nSPS) is 11.4. The van der Waals surface area contributed by atoms with E-state index in [-0.39, 0.29) is 16.8 Å².